The van der Waals surface area contributed by atoms with Crippen LogP contribution in [0.2, 0.25) is 0 Å². The Morgan fingerprint density at radius 1 is 1.33 bits per heavy atom. The molecule has 1 aliphatic rings. The molecule has 1 N–H and O–H groups in total. The first-order chi connectivity index (χ1) is 9.78. The van der Waals surface area contributed by atoms with E-state index in [-0.39, 0.29) is 11.6 Å². The zero-order valence-electron chi connectivity index (χ0n) is 12.3. The number of nitrogens with zero attached hydrogens (tertiary/aromatic N) is 2. The molecule has 1 unspecified atom stereocenters. The fourth-order valence-electron chi connectivity index (χ4n) is 2.64. The van der Waals surface area contributed by atoms with E-state index < -0.39 is 10.5 Å². The minimum atomic E-state index is -0.742. The Morgan fingerprint density at radius 3 is 2.71 bits per heavy atom. The maximum atomic E-state index is 12.5. The number of amides is 1. The molecule has 1 amide bonds. The highest BCUT2D eigenvalue weighted by molar-refractivity contribution is 5.95. The fraction of sp³-hybridized carbons (Fsp3) is 0.533. The number of aliphatic hydroxyl groups is 1. The summed E-state index contributed by atoms with van der Waals surface area (Å²) >= 11 is 0. The van der Waals surface area contributed by atoms with E-state index in [4.69, 9.17) is 0 Å². The molecule has 0 spiro atoms. The molecular formula is C15H20N2O4. The van der Waals surface area contributed by atoms with Crippen molar-refractivity contribution in [1.82, 2.24) is 4.90 Å². The molecule has 6 nitrogen and oxygen atoms in total. The number of nitro groups is 1. The van der Waals surface area contributed by atoms with Crippen molar-refractivity contribution in [3.05, 3.63) is 39.4 Å². The number of rotatable bonds is 2. The molecule has 21 heavy (non-hydrogen) atoms. The van der Waals surface area contributed by atoms with Gasteiger partial charge < -0.3 is 10.0 Å². The van der Waals surface area contributed by atoms with Crippen LogP contribution in [0.3, 0.4) is 0 Å². The van der Waals surface area contributed by atoms with E-state index in [0.717, 1.165) is 6.42 Å². The number of hydrogen-bond acceptors (Lipinski definition) is 4. The van der Waals surface area contributed by atoms with Gasteiger partial charge in [-0.3, -0.25) is 14.9 Å². The standard InChI is InChI=1S/C15H20N2O4/c1-11-8-12(10-13(9-11)17(20)21)14(18)16-6-3-4-15(2,19)5-7-16/h8-10,19H,3-7H2,1-2H3. The molecule has 0 saturated carbocycles. The van der Waals surface area contributed by atoms with Gasteiger partial charge in [0.1, 0.15) is 0 Å². The Kier molecular flexibility index (Phi) is 4.27. The number of nitro benzene ring substituents is 1. The first-order valence-corrected chi connectivity index (χ1v) is 7.06. The molecule has 114 valence electrons. The predicted molar refractivity (Wildman–Crippen MR) is 78.2 cm³/mol. The van der Waals surface area contributed by atoms with E-state index in [1.54, 1.807) is 24.8 Å². The second-order valence-electron chi connectivity index (χ2n) is 5.96. The van der Waals surface area contributed by atoms with Crippen LogP contribution >= 0.6 is 0 Å². The summed E-state index contributed by atoms with van der Waals surface area (Å²) in [7, 11) is 0. The molecule has 6 heteroatoms. The van der Waals surface area contributed by atoms with Crippen molar-refractivity contribution in [2.45, 2.75) is 38.7 Å². The van der Waals surface area contributed by atoms with Gasteiger partial charge in [-0.15, -0.1) is 0 Å². The maximum Gasteiger partial charge on any atom is 0.270 e. The number of benzene rings is 1. The smallest absolute Gasteiger partial charge is 0.270 e. The molecule has 1 atom stereocenters. The largest absolute Gasteiger partial charge is 0.390 e. The third-order valence-corrected chi connectivity index (χ3v) is 3.87. The molecular weight excluding hydrogens is 272 g/mol. The third-order valence-electron chi connectivity index (χ3n) is 3.87. The summed E-state index contributed by atoms with van der Waals surface area (Å²) in [5.41, 5.74) is 0.214. The number of likely N-dealkylation sites (tertiary alicyclic amines) is 1. The minimum absolute atomic E-state index is 0.0693. The summed E-state index contributed by atoms with van der Waals surface area (Å²) in [4.78, 5) is 24.6. The number of carbonyl (C=O) groups is 1. The molecule has 2 rings (SSSR count). The maximum absolute atomic E-state index is 12.5. The van der Waals surface area contributed by atoms with Gasteiger partial charge in [0.15, 0.2) is 0 Å². The van der Waals surface area contributed by atoms with Crippen molar-refractivity contribution in [2.24, 2.45) is 0 Å². The number of aryl methyl sites for hydroxylation is 1. The Labute approximate surface area is 123 Å². The average Bonchev–Trinajstić information content (AvgIpc) is 2.58. The van der Waals surface area contributed by atoms with E-state index in [0.29, 0.717) is 37.1 Å². The lowest BCUT2D eigenvalue weighted by atomic mass is 9.98. The molecule has 1 saturated heterocycles. The van der Waals surface area contributed by atoms with Crippen molar-refractivity contribution in [1.29, 1.82) is 0 Å². The van der Waals surface area contributed by atoms with Gasteiger partial charge in [-0.25, -0.2) is 0 Å². The SMILES string of the molecule is Cc1cc(C(=O)N2CCCC(C)(O)CC2)cc([N+](=O)[O-])c1. The lowest BCUT2D eigenvalue weighted by molar-refractivity contribution is -0.384. The second-order valence-corrected chi connectivity index (χ2v) is 5.96. The van der Waals surface area contributed by atoms with E-state index in [9.17, 15) is 20.0 Å². The van der Waals surface area contributed by atoms with Crippen LogP contribution in [0.15, 0.2) is 18.2 Å². The van der Waals surface area contributed by atoms with Crippen molar-refractivity contribution in [3.8, 4) is 0 Å². The van der Waals surface area contributed by atoms with E-state index >= 15 is 0 Å². The van der Waals surface area contributed by atoms with E-state index in [2.05, 4.69) is 0 Å². The summed E-state index contributed by atoms with van der Waals surface area (Å²) in [6.07, 6.45) is 1.91. The number of non-ortho nitro benzene ring substituents is 1. The van der Waals surface area contributed by atoms with Crippen LogP contribution in [0.4, 0.5) is 5.69 Å². The van der Waals surface area contributed by atoms with Gasteiger partial charge in [0.2, 0.25) is 0 Å². The fourth-order valence-corrected chi connectivity index (χ4v) is 2.64. The highest BCUT2D eigenvalue weighted by atomic mass is 16.6. The molecule has 1 aromatic carbocycles. The van der Waals surface area contributed by atoms with Gasteiger partial charge in [0, 0.05) is 30.8 Å². The lowest BCUT2D eigenvalue weighted by Gasteiger charge is -2.22. The summed E-state index contributed by atoms with van der Waals surface area (Å²) in [6.45, 7) is 4.54. The van der Waals surface area contributed by atoms with Gasteiger partial charge in [0.25, 0.3) is 11.6 Å². The molecule has 0 aliphatic carbocycles. The molecule has 1 aromatic rings. The van der Waals surface area contributed by atoms with Crippen LogP contribution in [0, 0.1) is 17.0 Å². The number of hydrogen-bond donors (Lipinski definition) is 1. The first-order valence-electron chi connectivity index (χ1n) is 7.06. The first kappa shape index (κ1) is 15.4. The Balaban J connectivity index is 2.22. The summed E-state index contributed by atoms with van der Waals surface area (Å²) in [6, 6.07) is 4.43. The van der Waals surface area contributed by atoms with Crippen molar-refractivity contribution >= 4 is 11.6 Å². The zero-order valence-corrected chi connectivity index (χ0v) is 12.3. The van der Waals surface area contributed by atoms with Gasteiger partial charge >= 0.3 is 0 Å². The normalized spacial score (nSPS) is 22.7. The van der Waals surface area contributed by atoms with Gasteiger partial charge in [-0.1, -0.05) is 0 Å². The van der Waals surface area contributed by atoms with Gasteiger partial charge in [-0.2, -0.15) is 0 Å². The lowest BCUT2D eigenvalue weighted by Crippen LogP contribution is -2.33. The average molecular weight is 292 g/mol. The number of carbonyl (C=O) groups excluding carboxylic acids is 1. The topological polar surface area (TPSA) is 83.7 Å². The molecule has 1 fully saturated rings. The van der Waals surface area contributed by atoms with Gasteiger partial charge in [-0.05, 0) is 44.7 Å². The molecule has 1 aliphatic heterocycles. The Bertz CT molecular complexity index is 569. The molecule has 1 heterocycles. The van der Waals surface area contributed by atoms with E-state index in [1.807, 2.05) is 0 Å². The van der Waals surface area contributed by atoms with Crippen molar-refractivity contribution < 1.29 is 14.8 Å². The quantitative estimate of drug-likeness (QED) is 0.669. The van der Waals surface area contributed by atoms with Crippen LogP contribution in [0.25, 0.3) is 0 Å². The zero-order chi connectivity index (χ0) is 15.6. The molecule has 0 bridgehead atoms. The van der Waals surface area contributed by atoms with Crippen LogP contribution in [-0.4, -0.2) is 39.5 Å². The monoisotopic (exact) mass is 292 g/mol. The van der Waals surface area contributed by atoms with Crippen LogP contribution in [0.1, 0.15) is 42.1 Å². The molecule has 0 radical (unpaired) electrons. The second kappa shape index (κ2) is 5.81. The Hall–Kier alpha value is -1.95. The predicted octanol–water partition coefficient (Wildman–Crippen LogP) is 2.28. The minimum Gasteiger partial charge on any atom is -0.390 e. The van der Waals surface area contributed by atoms with Gasteiger partial charge in [0.05, 0.1) is 10.5 Å². The van der Waals surface area contributed by atoms with Crippen LogP contribution in [0.5, 0.6) is 0 Å². The highest BCUT2D eigenvalue weighted by Gasteiger charge is 2.28. The van der Waals surface area contributed by atoms with E-state index in [1.165, 1.54) is 12.1 Å². The summed E-state index contributed by atoms with van der Waals surface area (Å²) in [5.74, 6) is -0.209. The van der Waals surface area contributed by atoms with Crippen LogP contribution < -0.4 is 0 Å². The van der Waals surface area contributed by atoms with Crippen molar-refractivity contribution in [3.63, 3.8) is 0 Å². The third kappa shape index (κ3) is 3.78. The van der Waals surface area contributed by atoms with Crippen LogP contribution in [-0.2, 0) is 0 Å². The summed E-state index contributed by atoms with van der Waals surface area (Å²) < 4.78 is 0. The Morgan fingerprint density at radius 2 is 2.05 bits per heavy atom. The highest BCUT2D eigenvalue weighted by Crippen LogP contribution is 2.24. The molecule has 0 aromatic heterocycles. The summed E-state index contributed by atoms with van der Waals surface area (Å²) in [5, 5.41) is 21.0. The van der Waals surface area contributed by atoms with Crippen molar-refractivity contribution in [2.75, 3.05) is 13.1 Å².